The highest BCUT2D eigenvalue weighted by Gasteiger charge is 2.18. The van der Waals surface area contributed by atoms with Gasteiger partial charge in [0.25, 0.3) is 0 Å². The van der Waals surface area contributed by atoms with Gasteiger partial charge in [0.15, 0.2) is 0 Å². The van der Waals surface area contributed by atoms with Crippen molar-refractivity contribution < 1.29 is 0 Å². The first-order valence-corrected chi connectivity index (χ1v) is 7.19. The highest BCUT2D eigenvalue weighted by molar-refractivity contribution is 5.00. The fourth-order valence-electron chi connectivity index (χ4n) is 2.73. The molecule has 1 fully saturated rings. The summed E-state index contributed by atoms with van der Waals surface area (Å²) in [7, 11) is 0. The standard InChI is InChI=1S/C14H26N4/c1-12(2)17(10-8-15)11-13-7-9-18(16-13)14-5-3-4-6-14/h7,9,12,14H,3-6,8,10-11,15H2,1-2H3. The van der Waals surface area contributed by atoms with Crippen molar-refractivity contribution in [3.8, 4) is 0 Å². The van der Waals surface area contributed by atoms with Crippen molar-refractivity contribution in [3.05, 3.63) is 18.0 Å². The average Bonchev–Trinajstić information content (AvgIpc) is 2.98. The molecule has 0 spiro atoms. The van der Waals surface area contributed by atoms with Gasteiger partial charge in [-0.15, -0.1) is 0 Å². The number of hydrogen-bond donors (Lipinski definition) is 1. The normalized spacial score (nSPS) is 17.2. The van der Waals surface area contributed by atoms with E-state index in [1.165, 1.54) is 31.4 Å². The molecule has 102 valence electrons. The van der Waals surface area contributed by atoms with Crippen molar-refractivity contribution in [2.24, 2.45) is 5.73 Å². The van der Waals surface area contributed by atoms with Crippen LogP contribution in [-0.4, -0.2) is 33.8 Å². The Balaban J connectivity index is 1.96. The Hall–Kier alpha value is -0.870. The summed E-state index contributed by atoms with van der Waals surface area (Å²) >= 11 is 0. The quantitative estimate of drug-likeness (QED) is 0.841. The maximum Gasteiger partial charge on any atom is 0.0765 e. The SMILES string of the molecule is CC(C)N(CCN)Cc1ccn(C2CCCC2)n1. The summed E-state index contributed by atoms with van der Waals surface area (Å²) in [6, 6.07) is 3.32. The second kappa shape index (κ2) is 6.34. The molecule has 0 unspecified atom stereocenters. The van der Waals surface area contributed by atoms with Gasteiger partial charge in [-0.2, -0.15) is 5.10 Å². The molecule has 1 aromatic rings. The molecule has 1 saturated carbocycles. The molecular formula is C14H26N4. The summed E-state index contributed by atoms with van der Waals surface area (Å²) in [6.07, 6.45) is 7.43. The van der Waals surface area contributed by atoms with Crippen LogP contribution in [0.2, 0.25) is 0 Å². The van der Waals surface area contributed by atoms with E-state index in [1.54, 1.807) is 0 Å². The minimum Gasteiger partial charge on any atom is -0.329 e. The van der Waals surface area contributed by atoms with Gasteiger partial charge in [-0.3, -0.25) is 9.58 Å². The number of nitrogens with zero attached hydrogens (tertiary/aromatic N) is 3. The molecule has 0 aliphatic heterocycles. The minimum atomic E-state index is 0.519. The first-order valence-electron chi connectivity index (χ1n) is 7.19. The van der Waals surface area contributed by atoms with E-state index in [2.05, 4.69) is 35.7 Å². The van der Waals surface area contributed by atoms with Crippen LogP contribution in [-0.2, 0) is 6.54 Å². The summed E-state index contributed by atoms with van der Waals surface area (Å²) < 4.78 is 2.17. The van der Waals surface area contributed by atoms with E-state index < -0.39 is 0 Å². The third-order valence-electron chi connectivity index (χ3n) is 3.87. The Morgan fingerprint density at radius 2 is 2.17 bits per heavy atom. The van der Waals surface area contributed by atoms with Gasteiger partial charge in [-0.05, 0) is 32.8 Å². The van der Waals surface area contributed by atoms with E-state index in [1.807, 2.05) is 0 Å². The third kappa shape index (κ3) is 3.33. The van der Waals surface area contributed by atoms with E-state index >= 15 is 0 Å². The lowest BCUT2D eigenvalue weighted by molar-refractivity contribution is 0.215. The van der Waals surface area contributed by atoms with Crippen molar-refractivity contribution >= 4 is 0 Å². The van der Waals surface area contributed by atoms with Crippen molar-refractivity contribution in [2.75, 3.05) is 13.1 Å². The number of rotatable bonds is 6. The second-order valence-corrected chi connectivity index (χ2v) is 5.58. The predicted octanol–water partition coefficient (Wildman–Crippen LogP) is 2.17. The van der Waals surface area contributed by atoms with Gasteiger partial charge < -0.3 is 5.73 Å². The summed E-state index contributed by atoms with van der Waals surface area (Å²) in [5.74, 6) is 0. The van der Waals surface area contributed by atoms with Crippen LogP contribution < -0.4 is 5.73 Å². The van der Waals surface area contributed by atoms with E-state index in [9.17, 15) is 0 Å². The van der Waals surface area contributed by atoms with Crippen LogP contribution in [0.4, 0.5) is 0 Å². The van der Waals surface area contributed by atoms with Crippen molar-refractivity contribution in [1.29, 1.82) is 0 Å². The Bertz CT molecular complexity index is 352. The lowest BCUT2D eigenvalue weighted by Crippen LogP contribution is -2.34. The zero-order valence-electron chi connectivity index (χ0n) is 11.7. The van der Waals surface area contributed by atoms with Gasteiger partial charge >= 0.3 is 0 Å². The summed E-state index contributed by atoms with van der Waals surface area (Å²) in [5.41, 5.74) is 6.83. The predicted molar refractivity (Wildman–Crippen MR) is 74.3 cm³/mol. The van der Waals surface area contributed by atoms with Gasteiger partial charge in [-0.25, -0.2) is 0 Å². The topological polar surface area (TPSA) is 47.1 Å². The third-order valence-corrected chi connectivity index (χ3v) is 3.87. The smallest absolute Gasteiger partial charge is 0.0765 e. The zero-order valence-corrected chi connectivity index (χ0v) is 11.7. The molecule has 1 heterocycles. The number of hydrogen-bond acceptors (Lipinski definition) is 3. The van der Waals surface area contributed by atoms with Crippen LogP contribution in [0.25, 0.3) is 0 Å². The number of aromatic nitrogens is 2. The molecule has 1 aliphatic carbocycles. The van der Waals surface area contributed by atoms with E-state index in [0.717, 1.165) is 13.1 Å². The molecule has 1 aliphatic rings. The fourth-order valence-corrected chi connectivity index (χ4v) is 2.73. The second-order valence-electron chi connectivity index (χ2n) is 5.58. The van der Waals surface area contributed by atoms with Crippen molar-refractivity contribution in [3.63, 3.8) is 0 Å². The van der Waals surface area contributed by atoms with Gasteiger partial charge in [0.2, 0.25) is 0 Å². The molecule has 2 N–H and O–H groups in total. The molecule has 0 saturated heterocycles. The molecule has 4 heteroatoms. The molecule has 0 bridgehead atoms. The molecule has 0 atom stereocenters. The molecule has 18 heavy (non-hydrogen) atoms. The minimum absolute atomic E-state index is 0.519. The van der Waals surface area contributed by atoms with Crippen molar-refractivity contribution in [1.82, 2.24) is 14.7 Å². The number of nitrogens with two attached hydrogens (primary N) is 1. The van der Waals surface area contributed by atoms with Crippen LogP contribution in [0.3, 0.4) is 0 Å². The van der Waals surface area contributed by atoms with Crippen LogP contribution in [0.1, 0.15) is 51.3 Å². The zero-order chi connectivity index (χ0) is 13.0. The summed E-state index contributed by atoms with van der Waals surface area (Å²) in [4.78, 5) is 2.38. The molecule has 0 aromatic carbocycles. The highest BCUT2D eigenvalue weighted by Crippen LogP contribution is 2.28. The Morgan fingerprint density at radius 3 is 2.78 bits per heavy atom. The van der Waals surface area contributed by atoms with Gasteiger partial charge in [0.1, 0.15) is 0 Å². The van der Waals surface area contributed by atoms with Crippen LogP contribution >= 0.6 is 0 Å². The Kier molecular flexibility index (Phi) is 4.78. The van der Waals surface area contributed by atoms with Crippen LogP contribution in [0, 0.1) is 0 Å². The molecule has 1 aromatic heterocycles. The van der Waals surface area contributed by atoms with Crippen molar-refractivity contribution in [2.45, 2.75) is 58.2 Å². The molecule has 4 nitrogen and oxygen atoms in total. The van der Waals surface area contributed by atoms with Gasteiger partial charge in [0.05, 0.1) is 11.7 Å². The van der Waals surface area contributed by atoms with Gasteiger partial charge in [0, 0.05) is 31.9 Å². The summed E-state index contributed by atoms with van der Waals surface area (Å²) in [5, 5.41) is 4.73. The Labute approximate surface area is 110 Å². The molecule has 2 rings (SSSR count). The summed E-state index contributed by atoms with van der Waals surface area (Å²) in [6.45, 7) is 6.98. The lowest BCUT2D eigenvalue weighted by atomic mass is 10.3. The van der Waals surface area contributed by atoms with Gasteiger partial charge in [-0.1, -0.05) is 12.8 Å². The van der Waals surface area contributed by atoms with Crippen LogP contribution in [0.5, 0.6) is 0 Å². The lowest BCUT2D eigenvalue weighted by Gasteiger charge is -2.24. The molecule has 0 radical (unpaired) electrons. The molecular weight excluding hydrogens is 224 g/mol. The first-order chi connectivity index (χ1) is 8.70. The Morgan fingerprint density at radius 1 is 1.44 bits per heavy atom. The maximum atomic E-state index is 5.66. The van der Waals surface area contributed by atoms with E-state index in [-0.39, 0.29) is 0 Å². The van der Waals surface area contributed by atoms with E-state index in [0.29, 0.717) is 18.6 Å². The van der Waals surface area contributed by atoms with E-state index in [4.69, 9.17) is 10.8 Å². The maximum absolute atomic E-state index is 5.66. The average molecular weight is 250 g/mol. The first kappa shape index (κ1) is 13.6. The molecule has 0 amide bonds. The van der Waals surface area contributed by atoms with Crippen LogP contribution in [0.15, 0.2) is 12.3 Å². The largest absolute Gasteiger partial charge is 0.329 e. The fraction of sp³-hybridized carbons (Fsp3) is 0.786. The highest BCUT2D eigenvalue weighted by atomic mass is 15.3. The monoisotopic (exact) mass is 250 g/mol.